The Balaban J connectivity index is 1.33. The Morgan fingerprint density at radius 3 is 2.40 bits per heavy atom. The van der Waals surface area contributed by atoms with Crippen molar-refractivity contribution in [3.8, 4) is 0 Å². The third kappa shape index (κ3) is 14.0. The molecule has 4 amide bonds. The van der Waals surface area contributed by atoms with E-state index in [0.29, 0.717) is 50.9 Å². The Hall–Kier alpha value is -3.91. The zero-order valence-electron chi connectivity index (χ0n) is 32.3. The molecule has 0 spiro atoms. The molecular weight excluding hydrogens is 717 g/mol. The first kappa shape index (κ1) is 42.2. The Kier molecular flexibility index (Phi) is 17.4. The monoisotopic (exact) mass is 776 g/mol. The molecule has 4 atom stereocenters. The van der Waals surface area contributed by atoms with Crippen LogP contribution in [-0.2, 0) is 36.8 Å². The molecule has 0 bridgehead atoms. The van der Waals surface area contributed by atoms with Gasteiger partial charge in [-0.1, -0.05) is 101 Å². The smallest absolute Gasteiger partial charge is 0.243 e. The first-order chi connectivity index (χ1) is 26.8. The van der Waals surface area contributed by atoms with Crippen molar-refractivity contribution in [2.24, 2.45) is 5.92 Å². The van der Waals surface area contributed by atoms with E-state index in [2.05, 4.69) is 33.2 Å². The second-order valence-electron chi connectivity index (χ2n) is 15.1. The summed E-state index contributed by atoms with van der Waals surface area (Å²) >= 11 is 1.40. The van der Waals surface area contributed by atoms with Crippen molar-refractivity contribution in [3.05, 3.63) is 64.6 Å². The molecule has 55 heavy (non-hydrogen) atoms. The number of amides is 4. The Labute approximate surface area is 329 Å². The van der Waals surface area contributed by atoms with E-state index in [0.717, 1.165) is 67.7 Å². The molecule has 2 heterocycles. The van der Waals surface area contributed by atoms with Gasteiger partial charge in [-0.25, -0.2) is 4.98 Å². The number of rotatable bonds is 21. The molecule has 1 aliphatic heterocycles. The molecule has 0 unspecified atom stereocenters. The van der Waals surface area contributed by atoms with Gasteiger partial charge in [-0.2, -0.15) is 0 Å². The first-order valence-electron chi connectivity index (χ1n) is 20.3. The van der Waals surface area contributed by atoms with Crippen molar-refractivity contribution in [2.45, 2.75) is 115 Å². The number of fused-ring (bicyclic) bond motifs is 1. The number of thiazole rings is 1. The fraction of sp³-hybridized carbons (Fsp3) is 0.595. The average molecular weight is 777 g/mol. The maximum absolute atomic E-state index is 14.3. The van der Waals surface area contributed by atoms with Gasteiger partial charge in [0.1, 0.15) is 12.1 Å². The predicted molar refractivity (Wildman–Crippen MR) is 215 cm³/mol. The van der Waals surface area contributed by atoms with E-state index in [1.165, 1.54) is 17.8 Å². The number of ether oxygens (including phenoxy) is 1. The second kappa shape index (κ2) is 22.6. The zero-order valence-corrected chi connectivity index (χ0v) is 33.1. The first-order valence-corrected chi connectivity index (χ1v) is 21.2. The van der Waals surface area contributed by atoms with E-state index in [-0.39, 0.29) is 37.6 Å². The van der Waals surface area contributed by atoms with E-state index in [1.54, 1.807) is 5.51 Å². The molecule has 2 aromatic carbocycles. The van der Waals surface area contributed by atoms with Crippen molar-refractivity contribution >= 4 is 45.7 Å². The predicted octanol–water partition coefficient (Wildman–Crippen LogP) is 4.29. The van der Waals surface area contributed by atoms with E-state index in [9.17, 15) is 24.3 Å². The molecule has 13 heteroatoms. The van der Waals surface area contributed by atoms with Crippen LogP contribution in [0.1, 0.15) is 88.8 Å². The summed E-state index contributed by atoms with van der Waals surface area (Å²) in [6.45, 7) is 5.14. The molecule has 5 rings (SSSR count). The number of aliphatic hydroxyl groups excluding tert-OH is 1. The van der Waals surface area contributed by atoms with Gasteiger partial charge < -0.3 is 31.1 Å². The summed E-state index contributed by atoms with van der Waals surface area (Å²) in [7, 11) is 0. The van der Waals surface area contributed by atoms with E-state index in [4.69, 9.17) is 4.74 Å². The molecular formula is C42H60N6O6S. The number of aromatic nitrogens is 1. The van der Waals surface area contributed by atoms with Gasteiger partial charge in [-0.15, -0.1) is 11.3 Å². The number of hydrogen-bond donors (Lipinski definition) is 5. The van der Waals surface area contributed by atoms with Crippen molar-refractivity contribution < 1.29 is 29.0 Å². The minimum atomic E-state index is -1.10. The second-order valence-corrected chi connectivity index (χ2v) is 15.9. The molecule has 2 aliphatic rings. The molecule has 1 aromatic heterocycles. The van der Waals surface area contributed by atoms with Gasteiger partial charge in [0.15, 0.2) is 0 Å². The fourth-order valence-corrected chi connectivity index (χ4v) is 8.26. The number of hydrogen-bond acceptors (Lipinski definition) is 9. The Morgan fingerprint density at radius 1 is 0.891 bits per heavy atom. The van der Waals surface area contributed by atoms with Crippen LogP contribution in [0.15, 0.2) is 53.4 Å². The lowest BCUT2D eigenvalue weighted by atomic mass is 9.83. The van der Waals surface area contributed by atoms with Crippen LogP contribution in [0.5, 0.6) is 0 Å². The lowest BCUT2D eigenvalue weighted by Crippen LogP contribution is -2.58. The average Bonchev–Trinajstić information content (AvgIpc) is 3.71. The molecule has 300 valence electrons. The molecule has 5 N–H and O–H groups in total. The minimum Gasteiger partial charge on any atom is -0.390 e. The van der Waals surface area contributed by atoms with E-state index < -0.39 is 36.0 Å². The van der Waals surface area contributed by atoms with Crippen LogP contribution in [0.4, 0.5) is 0 Å². The zero-order chi connectivity index (χ0) is 38.8. The number of morpholine rings is 1. The Bertz CT molecular complexity index is 1640. The van der Waals surface area contributed by atoms with Gasteiger partial charge in [-0.3, -0.25) is 24.1 Å². The molecule has 1 aliphatic carbocycles. The number of benzene rings is 2. The number of aliphatic hydroxyl groups is 1. The summed E-state index contributed by atoms with van der Waals surface area (Å²) in [6, 6.07) is 11.1. The lowest BCUT2D eigenvalue weighted by Gasteiger charge is -2.31. The number of carbonyl (C=O) groups is 4. The summed E-state index contributed by atoms with van der Waals surface area (Å²) < 4.78 is 5.44. The Morgan fingerprint density at radius 2 is 1.64 bits per heavy atom. The number of carbonyl (C=O) groups excluding carboxylic acids is 4. The third-order valence-electron chi connectivity index (χ3n) is 10.8. The van der Waals surface area contributed by atoms with Gasteiger partial charge in [0.25, 0.3) is 0 Å². The number of nitrogens with one attached hydrogen (secondary N) is 4. The highest BCUT2D eigenvalue weighted by Crippen LogP contribution is 2.28. The third-order valence-corrected chi connectivity index (χ3v) is 11.4. The minimum absolute atomic E-state index is 0.119. The highest BCUT2D eigenvalue weighted by molar-refractivity contribution is 7.07. The molecule has 1 saturated heterocycles. The fourth-order valence-electron chi connectivity index (χ4n) is 7.69. The van der Waals surface area contributed by atoms with Gasteiger partial charge in [0.2, 0.25) is 23.6 Å². The molecule has 12 nitrogen and oxygen atoms in total. The summed E-state index contributed by atoms with van der Waals surface area (Å²) in [5.41, 5.74) is 3.21. The normalized spacial score (nSPS) is 17.5. The molecule has 2 fully saturated rings. The van der Waals surface area contributed by atoms with Crippen LogP contribution in [0, 0.1) is 5.92 Å². The largest absolute Gasteiger partial charge is 0.390 e. The van der Waals surface area contributed by atoms with Crippen molar-refractivity contribution in [3.63, 3.8) is 0 Å². The van der Waals surface area contributed by atoms with Crippen LogP contribution >= 0.6 is 11.3 Å². The van der Waals surface area contributed by atoms with Gasteiger partial charge >= 0.3 is 0 Å². The summed E-state index contributed by atoms with van der Waals surface area (Å²) in [5.74, 6) is -1.19. The van der Waals surface area contributed by atoms with E-state index >= 15 is 0 Å². The molecule has 3 aromatic rings. The van der Waals surface area contributed by atoms with Gasteiger partial charge in [0.05, 0.1) is 49.5 Å². The van der Waals surface area contributed by atoms with Crippen LogP contribution in [0.25, 0.3) is 10.8 Å². The van der Waals surface area contributed by atoms with E-state index in [1.807, 2.05) is 52.7 Å². The number of unbranched alkanes of at least 4 members (excludes halogenated alkanes) is 3. The summed E-state index contributed by atoms with van der Waals surface area (Å²) in [5, 5.41) is 27.2. The lowest BCUT2D eigenvalue weighted by molar-refractivity contribution is -0.133. The SMILES string of the molecule is CCCCCCNC(=O)C[C@H](O)[C@H](CC1CCCCC1)NC(=O)[C@H](Cc1cscn1)NC(=O)[C@H](Cc1cccc2ccccc12)NC(=O)CN1CCOCC1. The van der Waals surface area contributed by atoms with Crippen LogP contribution < -0.4 is 21.3 Å². The maximum atomic E-state index is 14.3. The molecule has 0 radical (unpaired) electrons. The summed E-state index contributed by atoms with van der Waals surface area (Å²) in [4.78, 5) is 61.4. The van der Waals surface area contributed by atoms with Gasteiger partial charge in [0, 0.05) is 37.9 Å². The summed E-state index contributed by atoms with van der Waals surface area (Å²) in [6.07, 6.45) is 9.13. The van der Waals surface area contributed by atoms with Crippen LogP contribution in [0.3, 0.4) is 0 Å². The van der Waals surface area contributed by atoms with Crippen molar-refractivity contribution in [2.75, 3.05) is 39.4 Å². The highest BCUT2D eigenvalue weighted by Gasteiger charge is 2.33. The molecule has 1 saturated carbocycles. The van der Waals surface area contributed by atoms with Gasteiger partial charge in [-0.05, 0) is 35.1 Å². The van der Waals surface area contributed by atoms with Crippen LogP contribution in [-0.4, -0.2) is 102 Å². The number of nitrogens with zero attached hydrogens (tertiary/aromatic N) is 2. The van der Waals surface area contributed by atoms with Crippen molar-refractivity contribution in [1.82, 2.24) is 31.2 Å². The van der Waals surface area contributed by atoms with Crippen LogP contribution in [0.2, 0.25) is 0 Å². The highest BCUT2D eigenvalue weighted by atomic mass is 32.1. The quantitative estimate of drug-likeness (QED) is 0.100. The van der Waals surface area contributed by atoms with Crippen molar-refractivity contribution in [1.29, 1.82) is 0 Å². The standard InChI is InChI=1S/C42H60N6O6S/c1-2-3-4-10-18-43-39(50)26-38(49)35(23-30-12-6-5-7-13-30)46-42(53)37(25-33-28-55-29-44-33)47-41(52)36(45-40(51)27-48-19-21-54-22-20-48)24-32-16-11-15-31-14-8-9-17-34(31)32/h8-9,11,14-17,28-30,35-38,49H,2-7,10,12-13,18-27H2,1H3,(H,43,50)(H,45,51)(H,46,53)(H,47,52)/t35-,36-,37-,38-/m0/s1. The maximum Gasteiger partial charge on any atom is 0.243 e. The topological polar surface area (TPSA) is 162 Å².